The summed E-state index contributed by atoms with van der Waals surface area (Å²) in [4.78, 5) is 25.5. The molecule has 5 heteroatoms. The first-order valence-electron chi connectivity index (χ1n) is 6.56. The number of hydrogen-bond acceptors (Lipinski definition) is 3. The summed E-state index contributed by atoms with van der Waals surface area (Å²) < 4.78 is 0. The molecule has 3 rings (SSSR count). The van der Waals surface area contributed by atoms with E-state index in [1.807, 2.05) is 19.2 Å². The predicted octanol–water partition coefficient (Wildman–Crippen LogP) is 0.615. The molecule has 19 heavy (non-hydrogen) atoms. The van der Waals surface area contributed by atoms with Gasteiger partial charge in [0.2, 0.25) is 5.91 Å². The van der Waals surface area contributed by atoms with Crippen molar-refractivity contribution in [3.8, 4) is 0 Å². The molecule has 1 aromatic carbocycles. The Morgan fingerprint density at radius 2 is 2.26 bits per heavy atom. The Morgan fingerprint density at radius 3 is 3.00 bits per heavy atom. The van der Waals surface area contributed by atoms with E-state index < -0.39 is 0 Å². The molecule has 1 aromatic rings. The molecule has 0 radical (unpaired) electrons. The maximum absolute atomic E-state index is 12.4. The van der Waals surface area contributed by atoms with Crippen LogP contribution in [0.4, 0.5) is 5.69 Å². The monoisotopic (exact) mass is 259 g/mol. The molecule has 2 heterocycles. The molecule has 2 aliphatic heterocycles. The molecule has 1 saturated heterocycles. The first kappa shape index (κ1) is 12.2. The van der Waals surface area contributed by atoms with Crippen molar-refractivity contribution >= 4 is 17.5 Å². The second-order valence-corrected chi connectivity index (χ2v) is 5.16. The smallest absolute Gasteiger partial charge is 0.253 e. The number of amides is 2. The molecule has 0 spiro atoms. The van der Waals surface area contributed by atoms with E-state index in [0.29, 0.717) is 12.0 Å². The van der Waals surface area contributed by atoms with E-state index in [-0.39, 0.29) is 17.9 Å². The van der Waals surface area contributed by atoms with Crippen LogP contribution in [-0.4, -0.2) is 42.9 Å². The molecule has 0 aliphatic carbocycles. The first-order chi connectivity index (χ1) is 9.15. The minimum Gasteiger partial charge on any atom is -0.337 e. The lowest BCUT2D eigenvalue weighted by Crippen LogP contribution is -2.38. The van der Waals surface area contributed by atoms with Gasteiger partial charge < -0.3 is 15.5 Å². The lowest BCUT2D eigenvalue weighted by Gasteiger charge is -2.24. The minimum absolute atomic E-state index is 0.00653. The number of likely N-dealkylation sites (N-methyl/N-ethyl adjacent to an activating group) is 1. The van der Waals surface area contributed by atoms with Crippen molar-refractivity contribution in [1.82, 2.24) is 10.2 Å². The second kappa shape index (κ2) is 4.66. The van der Waals surface area contributed by atoms with Gasteiger partial charge in [0.25, 0.3) is 5.91 Å². The van der Waals surface area contributed by atoms with Crippen molar-refractivity contribution in [1.29, 1.82) is 0 Å². The third kappa shape index (κ3) is 2.21. The molecular weight excluding hydrogens is 242 g/mol. The standard InChI is InChI=1S/C14H17N3O2/c1-17(11-4-5-15-8-11)14(19)9-2-3-12-10(6-9)7-13(18)16-12/h2-3,6,11,15H,4-5,7-8H2,1H3,(H,16,18). The average molecular weight is 259 g/mol. The van der Waals surface area contributed by atoms with E-state index in [1.54, 1.807) is 11.0 Å². The van der Waals surface area contributed by atoms with Crippen molar-refractivity contribution in [2.45, 2.75) is 18.9 Å². The van der Waals surface area contributed by atoms with E-state index in [0.717, 1.165) is 30.8 Å². The summed E-state index contributed by atoms with van der Waals surface area (Å²) in [5.41, 5.74) is 2.39. The SMILES string of the molecule is CN(C(=O)c1ccc2c(c1)CC(=O)N2)C1CCNC1. The predicted molar refractivity (Wildman–Crippen MR) is 72.1 cm³/mol. The van der Waals surface area contributed by atoms with Gasteiger partial charge in [-0.05, 0) is 36.7 Å². The summed E-state index contributed by atoms with van der Waals surface area (Å²) in [6, 6.07) is 5.69. The Labute approximate surface area is 112 Å². The maximum atomic E-state index is 12.4. The molecule has 2 aliphatic rings. The Hall–Kier alpha value is -1.88. The fourth-order valence-corrected chi connectivity index (χ4v) is 2.70. The Balaban J connectivity index is 1.80. The number of carbonyl (C=O) groups is 2. The zero-order chi connectivity index (χ0) is 13.4. The zero-order valence-corrected chi connectivity index (χ0v) is 10.9. The quantitative estimate of drug-likeness (QED) is 0.818. The summed E-state index contributed by atoms with van der Waals surface area (Å²) in [5, 5.41) is 6.03. The molecule has 0 aromatic heterocycles. The highest BCUT2D eigenvalue weighted by molar-refractivity contribution is 6.01. The molecule has 2 amide bonds. The van der Waals surface area contributed by atoms with Gasteiger partial charge in [-0.15, -0.1) is 0 Å². The van der Waals surface area contributed by atoms with Crippen LogP contribution in [0.3, 0.4) is 0 Å². The number of hydrogen-bond donors (Lipinski definition) is 2. The van der Waals surface area contributed by atoms with E-state index in [9.17, 15) is 9.59 Å². The number of carbonyl (C=O) groups excluding carboxylic acids is 2. The largest absolute Gasteiger partial charge is 0.337 e. The fraction of sp³-hybridized carbons (Fsp3) is 0.429. The summed E-state index contributed by atoms with van der Waals surface area (Å²) in [7, 11) is 1.84. The minimum atomic E-state index is -0.00653. The van der Waals surface area contributed by atoms with Gasteiger partial charge >= 0.3 is 0 Å². The van der Waals surface area contributed by atoms with Crippen LogP contribution < -0.4 is 10.6 Å². The van der Waals surface area contributed by atoms with Gasteiger partial charge in [0, 0.05) is 30.9 Å². The normalized spacial score (nSPS) is 21.1. The van der Waals surface area contributed by atoms with Gasteiger partial charge in [0.15, 0.2) is 0 Å². The topological polar surface area (TPSA) is 61.4 Å². The van der Waals surface area contributed by atoms with E-state index in [1.165, 1.54) is 0 Å². The van der Waals surface area contributed by atoms with Crippen LogP contribution in [0.5, 0.6) is 0 Å². The number of nitrogens with zero attached hydrogens (tertiary/aromatic N) is 1. The van der Waals surface area contributed by atoms with Crippen LogP contribution in [0, 0.1) is 0 Å². The fourth-order valence-electron chi connectivity index (χ4n) is 2.70. The van der Waals surface area contributed by atoms with Crippen LogP contribution in [0.2, 0.25) is 0 Å². The number of benzene rings is 1. The van der Waals surface area contributed by atoms with Gasteiger partial charge in [-0.3, -0.25) is 9.59 Å². The van der Waals surface area contributed by atoms with Crippen molar-refractivity contribution in [3.63, 3.8) is 0 Å². The van der Waals surface area contributed by atoms with Crippen molar-refractivity contribution in [2.75, 3.05) is 25.5 Å². The molecule has 1 atom stereocenters. The number of fused-ring (bicyclic) bond motifs is 1. The summed E-state index contributed by atoms with van der Waals surface area (Å²) >= 11 is 0. The van der Waals surface area contributed by atoms with Crippen LogP contribution in [0.15, 0.2) is 18.2 Å². The first-order valence-corrected chi connectivity index (χ1v) is 6.56. The van der Waals surface area contributed by atoms with E-state index in [4.69, 9.17) is 0 Å². The molecular formula is C14H17N3O2. The van der Waals surface area contributed by atoms with E-state index >= 15 is 0 Å². The molecule has 5 nitrogen and oxygen atoms in total. The molecule has 1 unspecified atom stereocenters. The third-order valence-electron chi connectivity index (χ3n) is 3.88. The zero-order valence-electron chi connectivity index (χ0n) is 10.9. The van der Waals surface area contributed by atoms with Gasteiger partial charge in [0.05, 0.1) is 6.42 Å². The lowest BCUT2D eigenvalue weighted by molar-refractivity contribution is -0.115. The van der Waals surface area contributed by atoms with Crippen LogP contribution in [0.1, 0.15) is 22.3 Å². The van der Waals surface area contributed by atoms with Crippen molar-refractivity contribution in [2.24, 2.45) is 0 Å². The highest BCUT2D eigenvalue weighted by Gasteiger charge is 2.25. The second-order valence-electron chi connectivity index (χ2n) is 5.16. The third-order valence-corrected chi connectivity index (χ3v) is 3.88. The average Bonchev–Trinajstić information content (AvgIpc) is 3.03. The van der Waals surface area contributed by atoms with Gasteiger partial charge in [0.1, 0.15) is 0 Å². The Morgan fingerprint density at radius 1 is 1.42 bits per heavy atom. The number of nitrogens with one attached hydrogen (secondary N) is 2. The highest BCUT2D eigenvalue weighted by Crippen LogP contribution is 2.24. The molecule has 0 saturated carbocycles. The molecule has 2 N–H and O–H groups in total. The van der Waals surface area contributed by atoms with Crippen molar-refractivity contribution in [3.05, 3.63) is 29.3 Å². The summed E-state index contributed by atoms with van der Waals surface area (Å²) in [6.07, 6.45) is 1.36. The molecule has 100 valence electrons. The Bertz CT molecular complexity index is 535. The molecule has 1 fully saturated rings. The summed E-state index contributed by atoms with van der Waals surface area (Å²) in [6.45, 7) is 1.82. The van der Waals surface area contributed by atoms with Crippen LogP contribution >= 0.6 is 0 Å². The lowest BCUT2D eigenvalue weighted by atomic mass is 10.1. The number of rotatable bonds is 2. The van der Waals surface area contributed by atoms with Gasteiger partial charge in [-0.1, -0.05) is 0 Å². The number of anilines is 1. The molecule has 0 bridgehead atoms. The highest BCUT2D eigenvalue weighted by atomic mass is 16.2. The van der Waals surface area contributed by atoms with Gasteiger partial charge in [-0.2, -0.15) is 0 Å². The Kier molecular flexibility index (Phi) is 2.98. The van der Waals surface area contributed by atoms with Crippen LogP contribution in [-0.2, 0) is 11.2 Å². The van der Waals surface area contributed by atoms with Crippen LogP contribution in [0.25, 0.3) is 0 Å². The maximum Gasteiger partial charge on any atom is 0.253 e. The van der Waals surface area contributed by atoms with E-state index in [2.05, 4.69) is 10.6 Å². The summed E-state index contributed by atoms with van der Waals surface area (Å²) in [5.74, 6) is 0.0174. The van der Waals surface area contributed by atoms with Gasteiger partial charge in [-0.25, -0.2) is 0 Å². The van der Waals surface area contributed by atoms with Crippen molar-refractivity contribution < 1.29 is 9.59 Å².